The van der Waals surface area contributed by atoms with Gasteiger partial charge in [-0.25, -0.2) is 9.65 Å². The number of aliphatic hydroxyl groups excluding tert-OH is 1. The first-order chi connectivity index (χ1) is 8.93. The van der Waals surface area contributed by atoms with Gasteiger partial charge in [0.15, 0.2) is 11.5 Å². The Morgan fingerprint density at radius 1 is 1.42 bits per heavy atom. The fraction of sp³-hybridized carbons (Fsp3) is 0.500. The Bertz CT molecular complexity index is 452. The minimum Gasteiger partial charge on any atom is -0.493 e. The summed E-state index contributed by atoms with van der Waals surface area (Å²) in [5, 5.41) is 11.7. The molecule has 0 aliphatic heterocycles. The molecule has 1 unspecified atom stereocenters. The molecule has 19 heavy (non-hydrogen) atoms. The third-order valence-electron chi connectivity index (χ3n) is 2.44. The second-order valence-electron chi connectivity index (χ2n) is 4.13. The zero-order valence-electron chi connectivity index (χ0n) is 11.3. The zero-order valence-corrected chi connectivity index (χ0v) is 12.2. The number of rotatable bonds is 7. The summed E-state index contributed by atoms with van der Waals surface area (Å²) in [7, 11) is -2.53. The van der Waals surface area contributed by atoms with Crippen LogP contribution in [0.3, 0.4) is 0 Å². The van der Waals surface area contributed by atoms with E-state index in [4.69, 9.17) is 9.26 Å². The van der Waals surface area contributed by atoms with E-state index in [2.05, 4.69) is 5.09 Å². The molecule has 1 atom stereocenters. The van der Waals surface area contributed by atoms with Crippen molar-refractivity contribution in [3.05, 3.63) is 23.3 Å². The van der Waals surface area contributed by atoms with Crippen LogP contribution in [0.25, 0.3) is 0 Å². The number of hydrogen-bond acceptors (Lipinski definition) is 4. The first-order valence-corrected chi connectivity index (χ1v) is 7.57. The molecule has 0 amide bonds. The van der Waals surface area contributed by atoms with E-state index in [1.165, 1.54) is 7.11 Å². The van der Waals surface area contributed by atoms with Gasteiger partial charge in [0.05, 0.1) is 13.7 Å². The van der Waals surface area contributed by atoms with E-state index in [-0.39, 0.29) is 12.4 Å². The van der Waals surface area contributed by atoms with E-state index >= 15 is 0 Å². The smallest absolute Gasteiger partial charge is 0.456 e. The molecule has 0 saturated heterocycles. The lowest BCUT2D eigenvalue weighted by Gasteiger charge is -2.18. The molecule has 0 aliphatic rings. The largest absolute Gasteiger partial charge is 0.493 e. The van der Waals surface area contributed by atoms with Crippen LogP contribution in [0.15, 0.2) is 12.1 Å². The van der Waals surface area contributed by atoms with Crippen molar-refractivity contribution in [2.45, 2.75) is 26.9 Å². The zero-order chi connectivity index (χ0) is 14.5. The molecular formula is C12H20NO5P. The Kier molecular flexibility index (Phi) is 5.82. The lowest BCUT2D eigenvalue weighted by Crippen LogP contribution is -2.15. The summed E-state index contributed by atoms with van der Waals surface area (Å²) in [5.74, 6) is 0.404. The minimum atomic E-state index is -3.97. The molecule has 1 rings (SSSR count). The van der Waals surface area contributed by atoms with Crippen molar-refractivity contribution in [2.24, 2.45) is 0 Å². The van der Waals surface area contributed by atoms with Gasteiger partial charge in [-0.15, -0.1) is 0 Å². The van der Waals surface area contributed by atoms with Gasteiger partial charge >= 0.3 is 7.75 Å². The predicted molar refractivity (Wildman–Crippen MR) is 72.4 cm³/mol. The number of hydrogen-bond donors (Lipinski definition) is 3. The van der Waals surface area contributed by atoms with Crippen LogP contribution in [0.5, 0.6) is 11.5 Å². The van der Waals surface area contributed by atoms with Gasteiger partial charge in [0.1, 0.15) is 0 Å². The van der Waals surface area contributed by atoms with Crippen LogP contribution >= 0.6 is 7.75 Å². The number of aryl methyl sites for hydroxylation is 1. The molecule has 0 bridgehead atoms. The number of methoxy groups -OCH3 is 1. The molecule has 0 aromatic heterocycles. The summed E-state index contributed by atoms with van der Waals surface area (Å²) in [6.45, 7) is 3.76. The molecule has 6 nitrogen and oxygen atoms in total. The van der Waals surface area contributed by atoms with Gasteiger partial charge in [-0.05, 0) is 31.0 Å². The average Bonchev–Trinajstić information content (AvgIpc) is 2.37. The van der Waals surface area contributed by atoms with Crippen molar-refractivity contribution >= 4 is 7.75 Å². The Morgan fingerprint density at radius 3 is 2.63 bits per heavy atom. The van der Waals surface area contributed by atoms with Crippen molar-refractivity contribution in [1.82, 2.24) is 5.09 Å². The Morgan fingerprint density at radius 2 is 2.11 bits per heavy atom. The standard InChI is InChI=1S/C12H20NO5P/c1-4-5-13-19(15,16)18-12-10(8-14)6-9(2)7-11(12)17-3/h6-7,14H,4-5,8H2,1-3H3,(H2,13,15,16). The molecule has 1 aromatic rings. The second kappa shape index (κ2) is 6.91. The van der Waals surface area contributed by atoms with Crippen LogP contribution in [0.1, 0.15) is 24.5 Å². The fourth-order valence-corrected chi connectivity index (χ4v) is 2.62. The molecule has 0 saturated carbocycles. The number of aliphatic hydroxyl groups is 1. The van der Waals surface area contributed by atoms with E-state index in [9.17, 15) is 14.6 Å². The molecule has 0 aliphatic carbocycles. The van der Waals surface area contributed by atoms with Crippen LogP contribution < -0.4 is 14.3 Å². The SMILES string of the molecule is CCCNP(=O)(O)Oc1c(CO)cc(C)cc1OC. The number of nitrogens with one attached hydrogen (secondary N) is 1. The highest BCUT2D eigenvalue weighted by molar-refractivity contribution is 7.51. The van der Waals surface area contributed by atoms with Crippen LogP contribution in [0, 0.1) is 6.92 Å². The average molecular weight is 289 g/mol. The van der Waals surface area contributed by atoms with Gasteiger partial charge in [-0.3, -0.25) is 0 Å². The van der Waals surface area contributed by atoms with Crippen molar-refractivity contribution in [3.8, 4) is 11.5 Å². The molecular weight excluding hydrogens is 269 g/mol. The van der Waals surface area contributed by atoms with Crippen LogP contribution in [0.2, 0.25) is 0 Å². The molecule has 7 heteroatoms. The normalized spacial score (nSPS) is 13.9. The first kappa shape index (κ1) is 16.0. The molecule has 1 aromatic carbocycles. The minimum absolute atomic E-state index is 0.0880. The van der Waals surface area contributed by atoms with Gasteiger partial charge in [-0.2, -0.15) is 0 Å². The summed E-state index contributed by atoms with van der Waals surface area (Å²) < 4.78 is 22.1. The summed E-state index contributed by atoms with van der Waals surface area (Å²) in [6, 6.07) is 3.35. The summed E-state index contributed by atoms with van der Waals surface area (Å²) >= 11 is 0. The molecule has 0 radical (unpaired) electrons. The van der Waals surface area contributed by atoms with Crippen LogP contribution in [0.4, 0.5) is 0 Å². The van der Waals surface area contributed by atoms with Gasteiger partial charge in [0.25, 0.3) is 0 Å². The number of ether oxygens (including phenoxy) is 1. The molecule has 3 N–H and O–H groups in total. The highest BCUT2D eigenvalue weighted by atomic mass is 31.2. The molecule has 0 fully saturated rings. The monoisotopic (exact) mass is 289 g/mol. The maximum atomic E-state index is 11.8. The van der Waals surface area contributed by atoms with Crippen LogP contribution in [-0.2, 0) is 11.2 Å². The van der Waals surface area contributed by atoms with Crippen LogP contribution in [-0.4, -0.2) is 23.7 Å². The Labute approximate surface area is 113 Å². The van der Waals surface area contributed by atoms with Gasteiger partial charge in [-0.1, -0.05) is 6.92 Å². The maximum absolute atomic E-state index is 11.8. The third-order valence-corrected chi connectivity index (χ3v) is 3.50. The van der Waals surface area contributed by atoms with E-state index < -0.39 is 7.75 Å². The summed E-state index contributed by atoms with van der Waals surface area (Å²) in [6.07, 6.45) is 0.700. The maximum Gasteiger partial charge on any atom is 0.456 e. The highest BCUT2D eigenvalue weighted by Gasteiger charge is 2.24. The van der Waals surface area contributed by atoms with E-state index in [1.807, 2.05) is 13.8 Å². The lowest BCUT2D eigenvalue weighted by molar-refractivity contribution is 0.273. The molecule has 0 spiro atoms. The quantitative estimate of drug-likeness (QED) is 0.665. The van der Waals surface area contributed by atoms with Crippen molar-refractivity contribution in [1.29, 1.82) is 0 Å². The first-order valence-electron chi connectivity index (χ1n) is 5.99. The van der Waals surface area contributed by atoms with Crippen molar-refractivity contribution < 1.29 is 23.8 Å². The lowest BCUT2D eigenvalue weighted by atomic mass is 10.1. The van der Waals surface area contributed by atoms with E-state index in [0.717, 1.165) is 5.56 Å². The van der Waals surface area contributed by atoms with E-state index in [0.29, 0.717) is 24.3 Å². The fourth-order valence-electron chi connectivity index (χ4n) is 1.59. The topological polar surface area (TPSA) is 88.0 Å². The highest BCUT2D eigenvalue weighted by Crippen LogP contribution is 2.44. The molecule has 0 heterocycles. The summed E-state index contributed by atoms with van der Waals surface area (Å²) in [4.78, 5) is 9.69. The second-order valence-corrected chi connectivity index (χ2v) is 5.67. The Hall–Kier alpha value is -1.07. The van der Waals surface area contributed by atoms with Crippen molar-refractivity contribution in [3.63, 3.8) is 0 Å². The van der Waals surface area contributed by atoms with Gasteiger partial charge in [0.2, 0.25) is 0 Å². The van der Waals surface area contributed by atoms with Gasteiger partial charge < -0.3 is 19.3 Å². The summed E-state index contributed by atoms with van der Waals surface area (Å²) in [5.41, 5.74) is 1.27. The van der Waals surface area contributed by atoms with Crippen molar-refractivity contribution in [2.75, 3.05) is 13.7 Å². The predicted octanol–water partition coefficient (Wildman–Crippen LogP) is 1.97. The van der Waals surface area contributed by atoms with Gasteiger partial charge in [0, 0.05) is 12.1 Å². The third kappa shape index (κ3) is 4.51. The van der Waals surface area contributed by atoms with E-state index in [1.54, 1.807) is 12.1 Å². The molecule has 108 valence electrons. The Balaban J connectivity index is 3.08. The number of benzene rings is 1.